The molecule has 0 saturated carbocycles. The van der Waals surface area contributed by atoms with E-state index < -0.39 is 0 Å². The van der Waals surface area contributed by atoms with Gasteiger partial charge in [0, 0.05) is 27.6 Å². The average molecular weight is 479 g/mol. The van der Waals surface area contributed by atoms with Crippen LogP contribution in [0.2, 0.25) is 0 Å². The summed E-state index contributed by atoms with van der Waals surface area (Å²) < 4.78 is 0. The van der Waals surface area contributed by atoms with Gasteiger partial charge in [-0.15, -0.1) is 11.8 Å². The smallest absolute Gasteiger partial charge is 0.269 e. The van der Waals surface area contributed by atoms with Crippen LogP contribution >= 0.6 is 23.5 Å². The van der Waals surface area contributed by atoms with E-state index in [0.717, 1.165) is 39.8 Å². The minimum Gasteiger partial charge on any atom is -0.272 e. The third-order valence-electron chi connectivity index (χ3n) is 5.30. The fourth-order valence-corrected chi connectivity index (χ4v) is 5.35. The number of benzene rings is 2. The predicted molar refractivity (Wildman–Crippen MR) is 132 cm³/mol. The first kappa shape index (κ1) is 23.3. The second-order valence-corrected chi connectivity index (χ2v) is 9.99. The van der Waals surface area contributed by atoms with Crippen molar-refractivity contribution in [3.05, 3.63) is 82.2 Å². The van der Waals surface area contributed by atoms with Crippen LogP contribution in [0.25, 0.3) is 0 Å². The molecule has 33 heavy (non-hydrogen) atoms. The van der Waals surface area contributed by atoms with E-state index in [-0.39, 0.29) is 17.6 Å². The number of amides is 2. The van der Waals surface area contributed by atoms with Gasteiger partial charge in [-0.3, -0.25) is 20.4 Å². The van der Waals surface area contributed by atoms with Gasteiger partial charge < -0.3 is 0 Å². The molecule has 1 heterocycles. The summed E-state index contributed by atoms with van der Waals surface area (Å²) >= 11 is 3.03. The summed E-state index contributed by atoms with van der Waals surface area (Å²) in [6.45, 7) is 3.91. The van der Waals surface area contributed by atoms with Crippen molar-refractivity contribution in [3.8, 4) is 0 Å². The van der Waals surface area contributed by atoms with Crippen LogP contribution in [0.1, 0.15) is 44.9 Å². The van der Waals surface area contributed by atoms with Crippen LogP contribution in [0.5, 0.6) is 0 Å². The van der Waals surface area contributed by atoms with Crippen molar-refractivity contribution >= 4 is 35.3 Å². The fraction of sp³-hybridized carbons (Fsp3) is 0.280. The maximum absolute atomic E-state index is 12.4. The van der Waals surface area contributed by atoms with Crippen LogP contribution in [0.15, 0.2) is 58.6 Å². The van der Waals surface area contributed by atoms with Crippen molar-refractivity contribution in [2.45, 2.75) is 48.9 Å². The van der Waals surface area contributed by atoms with Crippen LogP contribution < -0.4 is 10.9 Å². The summed E-state index contributed by atoms with van der Waals surface area (Å²) in [5.41, 5.74) is 11.2. The van der Waals surface area contributed by atoms with Gasteiger partial charge in [0.05, 0.1) is 5.75 Å². The number of nitrogens with zero attached hydrogens (tertiary/aromatic N) is 2. The van der Waals surface area contributed by atoms with E-state index in [1.165, 1.54) is 29.3 Å². The lowest BCUT2D eigenvalue weighted by Gasteiger charge is -2.09. The van der Waals surface area contributed by atoms with Crippen molar-refractivity contribution < 1.29 is 9.59 Å². The Kier molecular flexibility index (Phi) is 7.67. The van der Waals surface area contributed by atoms with Gasteiger partial charge in [0.15, 0.2) is 5.16 Å². The highest BCUT2D eigenvalue weighted by atomic mass is 32.2. The van der Waals surface area contributed by atoms with Gasteiger partial charge in [-0.25, -0.2) is 9.97 Å². The Morgan fingerprint density at radius 1 is 0.879 bits per heavy atom. The second kappa shape index (κ2) is 10.9. The summed E-state index contributed by atoms with van der Waals surface area (Å²) in [6.07, 6.45) is 3.47. The lowest BCUT2D eigenvalue weighted by Crippen LogP contribution is -2.42. The molecule has 0 unspecified atom stereocenters. The Balaban J connectivity index is 1.21. The molecule has 170 valence electrons. The van der Waals surface area contributed by atoms with Crippen LogP contribution in [0.4, 0.5) is 0 Å². The number of aryl methyl sites for hydroxylation is 4. The van der Waals surface area contributed by atoms with Gasteiger partial charge in [-0.2, -0.15) is 0 Å². The summed E-state index contributed by atoms with van der Waals surface area (Å²) in [4.78, 5) is 34.4. The molecule has 0 bridgehead atoms. The number of thioether (sulfide) groups is 2. The number of hydrogen-bond donors (Lipinski definition) is 2. The molecule has 0 radical (unpaired) electrons. The SMILES string of the molecule is Cc1cc(C)nc(SCc2ccc(C(=O)NNC(=O)CSc3ccc4c(c3)CCC4)cc2)n1. The normalized spacial score (nSPS) is 12.3. The van der Waals surface area contributed by atoms with Crippen molar-refractivity contribution in [2.24, 2.45) is 0 Å². The first-order valence-electron chi connectivity index (χ1n) is 10.8. The maximum atomic E-state index is 12.4. The summed E-state index contributed by atoms with van der Waals surface area (Å²) in [5, 5.41) is 0.745. The van der Waals surface area contributed by atoms with Crippen LogP contribution in [0, 0.1) is 13.8 Å². The van der Waals surface area contributed by atoms with Crippen molar-refractivity contribution in [1.82, 2.24) is 20.8 Å². The lowest BCUT2D eigenvalue weighted by atomic mass is 10.1. The average Bonchev–Trinajstić information content (AvgIpc) is 3.27. The van der Waals surface area contributed by atoms with E-state index >= 15 is 0 Å². The molecule has 0 saturated heterocycles. The molecule has 0 aliphatic heterocycles. The Morgan fingerprint density at radius 3 is 2.36 bits per heavy atom. The number of rotatable bonds is 7. The van der Waals surface area contributed by atoms with Crippen molar-refractivity contribution in [2.75, 3.05) is 5.75 Å². The van der Waals surface area contributed by atoms with Crippen LogP contribution in [0.3, 0.4) is 0 Å². The quantitative estimate of drug-likeness (QED) is 0.297. The predicted octanol–water partition coefficient (Wildman–Crippen LogP) is 4.43. The van der Waals surface area contributed by atoms with Gasteiger partial charge in [0.2, 0.25) is 5.91 Å². The first-order valence-corrected chi connectivity index (χ1v) is 12.8. The molecule has 0 atom stereocenters. The molecule has 0 fully saturated rings. The summed E-state index contributed by atoms with van der Waals surface area (Å²) in [7, 11) is 0. The van der Waals surface area contributed by atoms with Gasteiger partial charge >= 0.3 is 0 Å². The molecule has 1 aromatic heterocycles. The van der Waals surface area contributed by atoms with E-state index in [2.05, 4.69) is 39.0 Å². The van der Waals surface area contributed by atoms with Gasteiger partial charge in [0.25, 0.3) is 5.91 Å². The molecule has 3 aromatic rings. The minimum atomic E-state index is -0.345. The number of carbonyl (C=O) groups is 2. The Morgan fingerprint density at radius 2 is 1.61 bits per heavy atom. The Bertz CT molecular complexity index is 1150. The second-order valence-electron chi connectivity index (χ2n) is 7.99. The highest BCUT2D eigenvalue weighted by Gasteiger charge is 2.12. The molecule has 4 rings (SSSR count). The summed E-state index contributed by atoms with van der Waals surface area (Å²) in [5.74, 6) is 0.370. The summed E-state index contributed by atoms with van der Waals surface area (Å²) in [6, 6.07) is 15.6. The molecule has 6 nitrogen and oxygen atoms in total. The molecular formula is C25H26N4O2S2. The van der Waals surface area contributed by atoms with E-state index in [9.17, 15) is 9.59 Å². The Hall–Kier alpha value is -2.84. The van der Waals surface area contributed by atoms with Gasteiger partial charge in [-0.1, -0.05) is 30.0 Å². The lowest BCUT2D eigenvalue weighted by molar-refractivity contribution is -0.119. The van der Waals surface area contributed by atoms with Crippen LogP contribution in [-0.2, 0) is 23.4 Å². The number of aromatic nitrogens is 2. The van der Waals surface area contributed by atoms with E-state index in [1.54, 1.807) is 23.9 Å². The van der Waals surface area contributed by atoms with Gasteiger partial charge in [0.1, 0.15) is 0 Å². The van der Waals surface area contributed by atoms with Gasteiger partial charge in [-0.05, 0) is 80.1 Å². The zero-order chi connectivity index (χ0) is 23.2. The maximum Gasteiger partial charge on any atom is 0.269 e. The number of nitrogens with one attached hydrogen (secondary N) is 2. The molecule has 0 spiro atoms. The first-order chi connectivity index (χ1) is 16.0. The highest BCUT2D eigenvalue weighted by Crippen LogP contribution is 2.27. The van der Waals surface area contributed by atoms with Crippen LogP contribution in [-0.4, -0.2) is 27.5 Å². The molecule has 2 aromatic carbocycles. The third kappa shape index (κ3) is 6.58. The minimum absolute atomic E-state index is 0.240. The monoisotopic (exact) mass is 478 g/mol. The fourth-order valence-electron chi connectivity index (χ4n) is 3.68. The van der Waals surface area contributed by atoms with Crippen molar-refractivity contribution in [3.63, 3.8) is 0 Å². The molecular weight excluding hydrogens is 452 g/mol. The number of hydrogen-bond acceptors (Lipinski definition) is 6. The van der Waals surface area contributed by atoms with E-state index in [1.807, 2.05) is 32.0 Å². The van der Waals surface area contributed by atoms with E-state index in [4.69, 9.17) is 0 Å². The zero-order valence-electron chi connectivity index (χ0n) is 18.7. The number of hydrazine groups is 1. The van der Waals surface area contributed by atoms with E-state index in [0.29, 0.717) is 11.3 Å². The molecule has 8 heteroatoms. The molecule has 2 amide bonds. The number of carbonyl (C=O) groups excluding carboxylic acids is 2. The largest absolute Gasteiger partial charge is 0.272 e. The standard InChI is InChI=1S/C25H26N4O2S2/c1-16-12-17(2)27-25(26-16)33-14-18-6-8-20(9-7-18)24(31)29-28-23(30)15-32-22-11-10-19-4-3-5-21(19)13-22/h6-13H,3-5,14-15H2,1-2H3,(H,28,30)(H,29,31). The number of fused-ring (bicyclic) bond motifs is 1. The molecule has 1 aliphatic rings. The molecule has 1 aliphatic carbocycles. The zero-order valence-corrected chi connectivity index (χ0v) is 20.3. The highest BCUT2D eigenvalue weighted by molar-refractivity contribution is 8.00. The molecule has 2 N–H and O–H groups in total. The Labute approximate surface area is 202 Å². The van der Waals surface area contributed by atoms with Crippen molar-refractivity contribution in [1.29, 1.82) is 0 Å². The topological polar surface area (TPSA) is 84.0 Å². The third-order valence-corrected chi connectivity index (χ3v) is 7.21.